The quantitative estimate of drug-likeness (QED) is 0.466. The largest absolute Gasteiger partial charge is 0.244 e. The van der Waals surface area contributed by atoms with Crippen molar-refractivity contribution in [3.63, 3.8) is 0 Å². The molecule has 0 radical (unpaired) electrons. The summed E-state index contributed by atoms with van der Waals surface area (Å²) in [6.07, 6.45) is 2.03. The normalized spacial score (nSPS) is 11.1. The summed E-state index contributed by atoms with van der Waals surface area (Å²) in [6.45, 7) is 0.0678. The second-order valence-electron chi connectivity index (χ2n) is 4.12. The molecule has 1 heterocycles. The summed E-state index contributed by atoms with van der Waals surface area (Å²) in [6, 6.07) is 16.4. The van der Waals surface area contributed by atoms with Crippen LogP contribution >= 0.6 is 0 Å². The summed E-state index contributed by atoms with van der Waals surface area (Å²) in [5, 5.41) is 3.55. The highest BCUT2D eigenvalue weighted by Gasteiger charge is 2.11. The first kappa shape index (κ1) is 10.2. The van der Waals surface area contributed by atoms with E-state index in [0.29, 0.717) is 6.54 Å². The molecular formula is C15H13FN+. The molecule has 2 heteroatoms. The number of aryl methyl sites for hydroxylation is 1. The molecule has 1 aromatic heterocycles. The van der Waals surface area contributed by atoms with Crippen LogP contribution in [0, 0.1) is 0 Å². The zero-order valence-electron chi connectivity index (χ0n) is 9.44. The second-order valence-corrected chi connectivity index (χ2v) is 4.12. The Morgan fingerprint density at radius 2 is 1.59 bits per heavy atom. The maximum Gasteiger partial charge on any atom is 0.213 e. The van der Waals surface area contributed by atoms with Crippen LogP contribution in [0.15, 0.2) is 54.7 Å². The van der Waals surface area contributed by atoms with E-state index in [1.54, 1.807) is 0 Å². The highest BCUT2D eigenvalue weighted by Crippen LogP contribution is 2.21. The topological polar surface area (TPSA) is 3.88 Å². The highest BCUT2D eigenvalue weighted by molar-refractivity contribution is 6.03. The molecule has 84 valence electrons. The third-order valence-electron chi connectivity index (χ3n) is 3.08. The molecule has 0 aliphatic carbocycles. The minimum atomic E-state index is -0.340. The van der Waals surface area contributed by atoms with Crippen molar-refractivity contribution in [3.8, 4) is 0 Å². The van der Waals surface area contributed by atoms with Crippen molar-refractivity contribution >= 4 is 21.7 Å². The zero-order valence-corrected chi connectivity index (χ0v) is 9.44. The van der Waals surface area contributed by atoms with Gasteiger partial charge in [-0.1, -0.05) is 30.3 Å². The van der Waals surface area contributed by atoms with Crippen molar-refractivity contribution in [2.75, 3.05) is 6.67 Å². The Morgan fingerprint density at radius 1 is 0.882 bits per heavy atom. The minimum Gasteiger partial charge on any atom is -0.244 e. The molecule has 0 saturated heterocycles. The first-order chi connectivity index (χ1) is 8.40. The molecule has 3 rings (SSSR count). The summed E-state index contributed by atoms with van der Waals surface area (Å²) in [5.74, 6) is 0. The molecule has 17 heavy (non-hydrogen) atoms. The van der Waals surface area contributed by atoms with E-state index >= 15 is 0 Å². The smallest absolute Gasteiger partial charge is 0.213 e. The number of para-hydroxylation sites is 1. The van der Waals surface area contributed by atoms with Crippen LogP contribution in [0.5, 0.6) is 0 Å². The van der Waals surface area contributed by atoms with Crippen LogP contribution in [0.2, 0.25) is 0 Å². The van der Waals surface area contributed by atoms with E-state index in [4.69, 9.17) is 0 Å². The van der Waals surface area contributed by atoms with E-state index in [1.165, 1.54) is 10.8 Å². The summed E-state index contributed by atoms with van der Waals surface area (Å²) in [7, 11) is 0. The molecule has 0 aliphatic rings. The third kappa shape index (κ3) is 1.66. The SMILES string of the molecule is FCC[n+]1cc2ccccc2c2ccccc21. The van der Waals surface area contributed by atoms with Gasteiger partial charge in [-0.25, -0.2) is 4.39 Å². The van der Waals surface area contributed by atoms with E-state index in [-0.39, 0.29) is 6.67 Å². The lowest BCUT2D eigenvalue weighted by Gasteiger charge is -2.03. The van der Waals surface area contributed by atoms with Gasteiger partial charge in [0.25, 0.3) is 0 Å². The molecule has 2 aromatic carbocycles. The minimum absolute atomic E-state index is 0.340. The van der Waals surface area contributed by atoms with Gasteiger partial charge < -0.3 is 0 Å². The van der Waals surface area contributed by atoms with E-state index in [2.05, 4.69) is 18.2 Å². The van der Waals surface area contributed by atoms with Crippen LogP contribution in [-0.2, 0) is 6.54 Å². The molecule has 0 fully saturated rings. The van der Waals surface area contributed by atoms with E-state index in [9.17, 15) is 4.39 Å². The second kappa shape index (κ2) is 4.13. The summed E-state index contributed by atoms with van der Waals surface area (Å²) in [5.41, 5.74) is 1.09. The molecule has 3 aromatic rings. The Balaban J connectivity index is 2.45. The molecule has 0 bridgehead atoms. The number of aromatic nitrogens is 1. The molecule has 0 saturated carbocycles. The summed E-state index contributed by atoms with van der Waals surface area (Å²) in [4.78, 5) is 0. The lowest BCUT2D eigenvalue weighted by molar-refractivity contribution is -0.670. The third-order valence-corrected chi connectivity index (χ3v) is 3.08. The van der Waals surface area contributed by atoms with Gasteiger partial charge in [0.1, 0.15) is 6.67 Å². The first-order valence-corrected chi connectivity index (χ1v) is 5.76. The standard InChI is InChI=1S/C15H13FN/c16-9-10-17-11-12-5-1-2-6-13(12)14-7-3-4-8-15(14)17/h1-8,11H,9-10H2/q+1. The Morgan fingerprint density at radius 3 is 2.41 bits per heavy atom. The van der Waals surface area contributed by atoms with Crippen molar-refractivity contribution in [2.24, 2.45) is 0 Å². The van der Waals surface area contributed by atoms with Gasteiger partial charge in [-0.3, -0.25) is 0 Å². The predicted molar refractivity (Wildman–Crippen MR) is 67.6 cm³/mol. The van der Waals surface area contributed by atoms with Gasteiger partial charge in [-0.05, 0) is 12.1 Å². The summed E-state index contributed by atoms with van der Waals surface area (Å²) < 4.78 is 14.6. The molecule has 0 aliphatic heterocycles. The van der Waals surface area contributed by atoms with Crippen LogP contribution in [0.1, 0.15) is 0 Å². The number of alkyl halides is 1. The molecule has 0 amide bonds. The number of halogens is 1. The predicted octanol–water partition coefficient (Wildman–Crippen LogP) is 3.25. The lowest BCUT2D eigenvalue weighted by atomic mass is 10.1. The molecule has 0 spiro atoms. The maximum atomic E-state index is 12.6. The van der Waals surface area contributed by atoms with Gasteiger partial charge in [0.05, 0.1) is 5.39 Å². The summed E-state index contributed by atoms with van der Waals surface area (Å²) >= 11 is 0. The average molecular weight is 226 g/mol. The van der Waals surface area contributed by atoms with Crippen LogP contribution in [0.25, 0.3) is 21.7 Å². The maximum absolute atomic E-state index is 12.6. The van der Waals surface area contributed by atoms with Gasteiger partial charge in [-0.2, -0.15) is 4.57 Å². The Labute approximate surface area is 99.1 Å². The van der Waals surface area contributed by atoms with Crippen molar-refractivity contribution in [1.29, 1.82) is 0 Å². The van der Waals surface area contributed by atoms with Crippen molar-refractivity contribution in [2.45, 2.75) is 6.54 Å². The monoisotopic (exact) mass is 226 g/mol. The van der Waals surface area contributed by atoms with Crippen LogP contribution in [0.3, 0.4) is 0 Å². The number of benzene rings is 2. The Hall–Kier alpha value is -1.96. The van der Waals surface area contributed by atoms with E-state index < -0.39 is 0 Å². The Kier molecular flexibility index (Phi) is 2.48. The van der Waals surface area contributed by atoms with Crippen molar-refractivity contribution in [3.05, 3.63) is 54.7 Å². The number of pyridine rings is 1. The van der Waals surface area contributed by atoms with Crippen LogP contribution in [-0.4, -0.2) is 6.67 Å². The Bertz CT molecular complexity index is 676. The first-order valence-electron chi connectivity index (χ1n) is 5.76. The van der Waals surface area contributed by atoms with Crippen LogP contribution in [0.4, 0.5) is 4.39 Å². The zero-order chi connectivity index (χ0) is 11.7. The van der Waals surface area contributed by atoms with Gasteiger partial charge in [-0.15, -0.1) is 0 Å². The van der Waals surface area contributed by atoms with Gasteiger partial charge in [0, 0.05) is 16.8 Å². The van der Waals surface area contributed by atoms with Gasteiger partial charge >= 0.3 is 0 Å². The number of rotatable bonds is 2. The van der Waals surface area contributed by atoms with E-state index in [0.717, 1.165) is 10.9 Å². The molecule has 0 N–H and O–H groups in total. The number of nitrogens with zero attached hydrogens (tertiary/aromatic N) is 1. The van der Waals surface area contributed by atoms with Gasteiger partial charge in [0.2, 0.25) is 5.52 Å². The van der Waals surface area contributed by atoms with Crippen LogP contribution < -0.4 is 4.57 Å². The fraction of sp³-hybridized carbons (Fsp3) is 0.133. The molecule has 1 nitrogen and oxygen atoms in total. The lowest BCUT2D eigenvalue weighted by Crippen LogP contribution is -2.35. The van der Waals surface area contributed by atoms with Gasteiger partial charge in [0.15, 0.2) is 12.7 Å². The fourth-order valence-corrected chi connectivity index (χ4v) is 2.32. The van der Waals surface area contributed by atoms with E-state index in [1.807, 2.05) is 41.1 Å². The van der Waals surface area contributed by atoms with Crippen molar-refractivity contribution < 1.29 is 8.96 Å². The fourth-order valence-electron chi connectivity index (χ4n) is 2.32. The molecule has 0 unspecified atom stereocenters. The number of hydrogen-bond donors (Lipinski definition) is 0. The number of fused-ring (bicyclic) bond motifs is 3. The average Bonchev–Trinajstić information content (AvgIpc) is 2.39. The van der Waals surface area contributed by atoms with Crippen molar-refractivity contribution in [1.82, 2.24) is 0 Å². The molecule has 0 atom stereocenters. The molecular weight excluding hydrogens is 213 g/mol. The highest BCUT2D eigenvalue weighted by atomic mass is 19.1. The number of hydrogen-bond acceptors (Lipinski definition) is 0.